The third-order valence-electron chi connectivity index (χ3n) is 3.65. The highest BCUT2D eigenvalue weighted by molar-refractivity contribution is 9.09. The van der Waals surface area contributed by atoms with Crippen molar-refractivity contribution in [3.05, 3.63) is 0 Å². The molecule has 0 aliphatic heterocycles. The van der Waals surface area contributed by atoms with Crippen LogP contribution in [-0.4, -0.2) is 35.2 Å². The van der Waals surface area contributed by atoms with Crippen molar-refractivity contribution in [2.75, 3.05) is 0 Å². The zero-order chi connectivity index (χ0) is 21.4. The van der Waals surface area contributed by atoms with Gasteiger partial charge in [-0.3, -0.25) is 0 Å². The molecule has 0 spiro atoms. The number of alkyl halides is 14. The van der Waals surface area contributed by atoms with E-state index in [-0.39, 0.29) is 12.8 Å². The highest BCUT2D eigenvalue weighted by atomic mass is 79.9. The van der Waals surface area contributed by atoms with E-state index < -0.39 is 53.5 Å². The van der Waals surface area contributed by atoms with Gasteiger partial charge in [0.2, 0.25) is 5.41 Å². The third-order valence-corrected chi connectivity index (χ3v) is 4.43. The second-order valence-electron chi connectivity index (χ2n) is 5.49. The van der Waals surface area contributed by atoms with E-state index in [4.69, 9.17) is 0 Å². The van der Waals surface area contributed by atoms with Gasteiger partial charge in [-0.1, -0.05) is 35.7 Å². The van der Waals surface area contributed by atoms with E-state index in [1.165, 1.54) is 6.92 Å². The lowest BCUT2D eigenvalue weighted by molar-refractivity contribution is -0.461. The predicted octanol–water partition coefficient (Wildman–Crippen LogP) is 7.27. The van der Waals surface area contributed by atoms with Crippen LogP contribution in [0, 0.1) is 5.41 Å². The first-order valence-corrected chi connectivity index (χ1v) is 7.72. The molecule has 0 aliphatic rings. The lowest BCUT2D eigenvalue weighted by Crippen LogP contribution is -2.70. The van der Waals surface area contributed by atoms with Gasteiger partial charge >= 0.3 is 30.4 Å². The molecule has 0 aromatic carbocycles. The molecule has 14 heteroatoms. The minimum atomic E-state index is -7.58. The van der Waals surface area contributed by atoms with E-state index >= 15 is 0 Å². The van der Waals surface area contributed by atoms with Gasteiger partial charge in [-0.15, -0.1) is 0 Å². The summed E-state index contributed by atoms with van der Waals surface area (Å²) < 4.78 is 169. The van der Waals surface area contributed by atoms with Gasteiger partial charge in [0.1, 0.15) is 0 Å². The van der Waals surface area contributed by atoms with Crippen LogP contribution in [0.25, 0.3) is 0 Å². The molecule has 0 heterocycles. The highest BCUT2D eigenvalue weighted by Crippen LogP contribution is 2.67. The fraction of sp³-hybridized carbons (Fsp3) is 1.00. The van der Waals surface area contributed by atoms with Gasteiger partial charge in [0.05, 0.1) is 0 Å². The lowest BCUT2D eigenvalue weighted by Gasteiger charge is -2.46. The largest absolute Gasteiger partial charge is 0.459 e. The van der Waals surface area contributed by atoms with Crippen molar-refractivity contribution < 1.29 is 57.1 Å². The summed E-state index contributed by atoms with van der Waals surface area (Å²) in [4.78, 5) is -2.04. The zero-order valence-corrected chi connectivity index (χ0v) is 14.3. The van der Waals surface area contributed by atoms with Crippen molar-refractivity contribution in [1.82, 2.24) is 0 Å². The quantitative estimate of drug-likeness (QED) is 0.264. The van der Waals surface area contributed by atoms with Crippen LogP contribution < -0.4 is 0 Å². The molecule has 1 atom stereocenters. The van der Waals surface area contributed by atoms with Crippen molar-refractivity contribution >= 4 is 15.9 Å². The first-order chi connectivity index (χ1) is 11.2. The van der Waals surface area contributed by atoms with E-state index in [2.05, 4.69) is 15.9 Å². The summed E-state index contributed by atoms with van der Waals surface area (Å²) in [6.45, 7) is 1.44. The van der Waals surface area contributed by atoms with Gasteiger partial charge < -0.3 is 0 Å². The maximum Gasteiger partial charge on any atom is 0.459 e. The molecule has 0 aromatic heterocycles. The lowest BCUT2D eigenvalue weighted by atomic mass is 9.72. The molecule has 0 fully saturated rings. The summed E-state index contributed by atoms with van der Waals surface area (Å²) in [5.41, 5.74) is -6.62. The van der Waals surface area contributed by atoms with Crippen molar-refractivity contribution in [2.45, 2.75) is 67.8 Å². The standard InChI is InChI=1S/C12H12BrF13/c1-2-3-4-6(13)5-7(10(18,19)20,11(21,22)23)8(14,15)9(16,17)12(24,25)26/h6H,2-5H2,1H3. The van der Waals surface area contributed by atoms with Crippen molar-refractivity contribution in [3.8, 4) is 0 Å². The Morgan fingerprint density at radius 1 is 0.654 bits per heavy atom. The van der Waals surface area contributed by atoms with Crippen LogP contribution in [0.1, 0.15) is 32.6 Å². The summed E-state index contributed by atoms with van der Waals surface area (Å²) in [6.07, 6.45) is -24.9. The number of rotatable bonds is 7. The molecule has 0 saturated heterocycles. The minimum absolute atomic E-state index is 0.0804. The van der Waals surface area contributed by atoms with Gasteiger partial charge in [0, 0.05) is 4.83 Å². The first kappa shape index (κ1) is 25.6. The number of hydrogen-bond donors (Lipinski definition) is 0. The van der Waals surface area contributed by atoms with E-state index in [0.717, 1.165) is 0 Å². The molecule has 0 bridgehead atoms. The normalized spacial score (nSPS) is 16.7. The molecule has 26 heavy (non-hydrogen) atoms. The predicted molar refractivity (Wildman–Crippen MR) is 67.3 cm³/mol. The van der Waals surface area contributed by atoms with Crippen molar-refractivity contribution in [3.63, 3.8) is 0 Å². The van der Waals surface area contributed by atoms with Gasteiger partial charge in [0.15, 0.2) is 0 Å². The smallest absolute Gasteiger partial charge is 0.198 e. The average molecular weight is 483 g/mol. The number of hydrogen-bond acceptors (Lipinski definition) is 0. The molecule has 158 valence electrons. The molecule has 0 N–H and O–H groups in total. The fourth-order valence-corrected chi connectivity index (χ4v) is 2.99. The Hall–Kier alpha value is -0.430. The van der Waals surface area contributed by atoms with Gasteiger partial charge in [-0.25, -0.2) is 0 Å². The SMILES string of the molecule is CCCCC(Br)CC(C(F)(F)F)(C(F)(F)F)C(F)(F)C(F)(F)C(F)(F)F. The summed E-state index contributed by atoms with van der Waals surface area (Å²) in [5.74, 6) is -15.1. The zero-order valence-electron chi connectivity index (χ0n) is 12.7. The molecule has 0 rings (SSSR count). The van der Waals surface area contributed by atoms with E-state index in [1.54, 1.807) is 0 Å². The average Bonchev–Trinajstić information content (AvgIpc) is 2.37. The number of halogens is 14. The maximum absolute atomic E-state index is 13.8. The monoisotopic (exact) mass is 482 g/mol. The molecule has 0 amide bonds. The fourth-order valence-electron chi connectivity index (χ4n) is 2.18. The molecular formula is C12H12BrF13. The molecule has 0 aliphatic carbocycles. The molecule has 0 saturated carbocycles. The van der Waals surface area contributed by atoms with Crippen molar-refractivity contribution in [2.24, 2.45) is 5.41 Å². The number of unbranched alkanes of at least 4 members (excludes halogenated alkanes) is 1. The molecule has 0 radical (unpaired) electrons. The first-order valence-electron chi connectivity index (χ1n) is 6.80. The Morgan fingerprint density at radius 3 is 1.31 bits per heavy atom. The van der Waals surface area contributed by atoms with Crippen LogP contribution in [0.2, 0.25) is 0 Å². The third kappa shape index (κ3) is 4.18. The van der Waals surface area contributed by atoms with Gasteiger partial charge in [-0.2, -0.15) is 57.1 Å². The van der Waals surface area contributed by atoms with E-state index in [9.17, 15) is 57.1 Å². The van der Waals surface area contributed by atoms with Crippen LogP contribution in [-0.2, 0) is 0 Å². The summed E-state index contributed by atoms with van der Waals surface area (Å²) in [5, 5.41) is 0. The van der Waals surface area contributed by atoms with Gasteiger partial charge in [-0.05, 0) is 12.8 Å². The summed E-state index contributed by atoms with van der Waals surface area (Å²) >= 11 is 2.25. The summed E-state index contributed by atoms with van der Waals surface area (Å²) in [7, 11) is 0. The van der Waals surface area contributed by atoms with E-state index in [0.29, 0.717) is 0 Å². The molecule has 0 aromatic rings. The maximum atomic E-state index is 13.8. The Balaban J connectivity index is 6.66. The molecular weight excluding hydrogens is 471 g/mol. The molecule has 1 unspecified atom stereocenters. The Morgan fingerprint density at radius 2 is 1.04 bits per heavy atom. The van der Waals surface area contributed by atoms with Crippen molar-refractivity contribution in [1.29, 1.82) is 0 Å². The Labute approximate surface area is 147 Å². The van der Waals surface area contributed by atoms with Crippen LogP contribution in [0.15, 0.2) is 0 Å². The highest BCUT2D eigenvalue weighted by Gasteiger charge is 2.91. The topological polar surface area (TPSA) is 0 Å². The Bertz CT molecular complexity index is 445. The minimum Gasteiger partial charge on any atom is -0.198 e. The van der Waals surface area contributed by atoms with Gasteiger partial charge in [0.25, 0.3) is 0 Å². The second kappa shape index (κ2) is 7.53. The summed E-state index contributed by atoms with van der Waals surface area (Å²) in [6, 6.07) is 0. The van der Waals surface area contributed by atoms with E-state index in [1.807, 2.05) is 0 Å². The van der Waals surface area contributed by atoms with Crippen LogP contribution in [0.4, 0.5) is 57.1 Å². The van der Waals surface area contributed by atoms with Crippen LogP contribution in [0.3, 0.4) is 0 Å². The Kier molecular flexibility index (Phi) is 7.41. The second-order valence-corrected chi connectivity index (χ2v) is 6.79. The van der Waals surface area contributed by atoms with Crippen LogP contribution >= 0.6 is 15.9 Å². The molecule has 0 nitrogen and oxygen atoms in total. The van der Waals surface area contributed by atoms with Crippen LogP contribution in [0.5, 0.6) is 0 Å².